The van der Waals surface area contributed by atoms with Gasteiger partial charge < -0.3 is 19.5 Å². The first kappa shape index (κ1) is 19.7. The van der Waals surface area contributed by atoms with Crippen molar-refractivity contribution in [2.45, 2.75) is 6.92 Å². The Kier molecular flexibility index (Phi) is 6.49. The molecule has 3 aromatic rings. The van der Waals surface area contributed by atoms with Gasteiger partial charge in [-0.3, -0.25) is 4.79 Å². The molecule has 0 bridgehead atoms. The first-order valence-corrected chi connectivity index (χ1v) is 9.64. The molecule has 3 rings (SSSR count). The molecule has 146 valence electrons. The Labute approximate surface area is 168 Å². The number of aryl methyl sites for hydroxylation is 1. The van der Waals surface area contributed by atoms with E-state index in [0.717, 1.165) is 16.3 Å². The molecule has 0 atom stereocenters. The Morgan fingerprint density at radius 3 is 2.54 bits per heavy atom. The summed E-state index contributed by atoms with van der Waals surface area (Å²) < 4.78 is 16.2. The fourth-order valence-electron chi connectivity index (χ4n) is 2.54. The molecular formula is C21H22N2O4S. The lowest BCUT2D eigenvalue weighted by Crippen LogP contribution is -2.28. The maximum atomic E-state index is 12.3. The summed E-state index contributed by atoms with van der Waals surface area (Å²) in [6, 6.07) is 13.3. The second-order valence-corrected chi connectivity index (χ2v) is 6.88. The van der Waals surface area contributed by atoms with Crippen LogP contribution in [0.15, 0.2) is 47.8 Å². The largest absolute Gasteiger partial charge is 0.493 e. The lowest BCUT2D eigenvalue weighted by molar-refractivity contribution is 0.0943. The van der Waals surface area contributed by atoms with Gasteiger partial charge in [0.05, 0.1) is 20.8 Å². The lowest BCUT2D eigenvalue weighted by Gasteiger charge is -2.08. The molecular weight excluding hydrogens is 376 g/mol. The third kappa shape index (κ3) is 4.80. The maximum absolute atomic E-state index is 12.3. The van der Waals surface area contributed by atoms with Crippen molar-refractivity contribution in [3.63, 3.8) is 0 Å². The van der Waals surface area contributed by atoms with Crippen LogP contribution in [0, 0.1) is 6.92 Å². The first-order chi connectivity index (χ1) is 13.6. The maximum Gasteiger partial charge on any atom is 0.270 e. The molecule has 1 amide bonds. The van der Waals surface area contributed by atoms with Crippen molar-refractivity contribution in [1.82, 2.24) is 10.3 Å². The van der Waals surface area contributed by atoms with Crippen molar-refractivity contribution in [1.29, 1.82) is 0 Å². The molecule has 0 saturated carbocycles. The molecule has 0 radical (unpaired) electrons. The predicted octanol–water partition coefficient (Wildman–Crippen LogP) is 3.94. The SMILES string of the molecule is COc1ccc(-c2nc(C(=O)NCCOc3ccc(C)cc3)cs2)cc1OC. The second kappa shape index (κ2) is 9.23. The number of benzene rings is 2. The molecule has 0 aliphatic heterocycles. The van der Waals surface area contributed by atoms with Crippen molar-refractivity contribution in [3.8, 4) is 27.8 Å². The molecule has 28 heavy (non-hydrogen) atoms. The van der Waals surface area contributed by atoms with Gasteiger partial charge >= 0.3 is 0 Å². The number of aromatic nitrogens is 1. The van der Waals surface area contributed by atoms with Crippen LogP contribution >= 0.6 is 11.3 Å². The van der Waals surface area contributed by atoms with Gasteiger partial charge in [0.15, 0.2) is 11.5 Å². The van der Waals surface area contributed by atoms with Crippen molar-refractivity contribution >= 4 is 17.2 Å². The molecule has 0 aliphatic carbocycles. The molecule has 0 unspecified atom stereocenters. The Balaban J connectivity index is 1.56. The predicted molar refractivity (Wildman–Crippen MR) is 110 cm³/mol. The number of amides is 1. The van der Waals surface area contributed by atoms with Crippen molar-refractivity contribution in [2.75, 3.05) is 27.4 Å². The molecule has 6 nitrogen and oxygen atoms in total. The molecule has 7 heteroatoms. The Bertz CT molecular complexity index is 938. The third-order valence-electron chi connectivity index (χ3n) is 4.04. The number of nitrogens with zero attached hydrogens (tertiary/aromatic N) is 1. The van der Waals surface area contributed by atoms with E-state index in [2.05, 4.69) is 10.3 Å². The third-order valence-corrected chi connectivity index (χ3v) is 4.94. The molecule has 2 aromatic carbocycles. The fourth-order valence-corrected chi connectivity index (χ4v) is 3.34. The number of thiazole rings is 1. The van der Waals surface area contributed by atoms with E-state index >= 15 is 0 Å². The minimum atomic E-state index is -0.226. The summed E-state index contributed by atoms with van der Waals surface area (Å²) in [5, 5.41) is 5.30. The standard InChI is InChI=1S/C21H22N2O4S/c1-14-4-7-16(8-5-14)27-11-10-22-20(24)17-13-28-21(23-17)15-6-9-18(25-2)19(12-15)26-3/h4-9,12-13H,10-11H2,1-3H3,(H,22,24). The van der Waals surface area contributed by atoms with E-state index in [1.54, 1.807) is 19.6 Å². The lowest BCUT2D eigenvalue weighted by atomic mass is 10.2. The summed E-state index contributed by atoms with van der Waals surface area (Å²) in [5.74, 6) is 1.82. The number of methoxy groups -OCH3 is 2. The van der Waals surface area contributed by atoms with E-state index < -0.39 is 0 Å². The average molecular weight is 398 g/mol. The number of carbonyl (C=O) groups is 1. The number of carbonyl (C=O) groups excluding carboxylic acids is 1. The van der Waals surface area contributed by atoms with Gasteiger partial charge in [0.25, 0.3) is 5.91 Å². The van der Waals surface area contributed by atoms with Gasteiger partial charge in [-0.05, 0) is 37.3 Å². The number of ether oxygens (including phenoxy) is 3. The zero-order valence-corrected chi connectivity index (χ0v) is 16.8. The summed E-state index contributed by atoms with van der Waals surface area (Å²) in [4.78, 5) is 16.7. The molecule has 0 aliphatic rings. The highest BCUT2D eigenvalue weighted by molar-refractivity contribution is 7.13. The molecule has 1 heterocycles. The van der Waals surface area contributed by atoms with Crippen LogP contribution in [0.2, 0.25) is 0 Å². The summed E-state index contributed by atoms with van der Waals surface area (Å²) in [6.07, 6.45) is 0. The van der Waals surface area contributed by atoms with Crippen molar-refractivity contribution < 1.29 is 19.0 Å². The first-order valence-electron chi connectivity index (χ1n) is 8.76. The normalized spacial score (nSPS) is 10.4. The Hall–Kier alpha value is -3.06. The highest BCUT2D eigenvalue weighted by atomic mass is 32.1. The Morgan fingerprint density at radius 2 is 1.82 bits per heavy atom. The van der Waals surface area contributed by atoms with E-state index in [9.17, 15) is 4.79 Å². The van der Waals surface area contributed by atoms with E-state index in [4.69, 9.17) is 14.2 Å². The van der Waals surface area contributed by atoms with Crippen LogP contribution in [0.3, 0.4) is 0 Å². The van der Waals surface area contributed by atoms with E-state index in [1.807, 2.05) is 49.4 Å². The molecule has 0 spiro atoms. The number of rotatable bonds is 8. The van der Waals surface area contributed by atoms with Crippen LogP contribution in [-0.2, 0) is 0 Å². The van der Waals surface area contributed by atoms with Gasteiger partial charge in [0.2, 0.25) is 0 Å². The van der Waals surface area contributed by atoms with Gasteiger partial charge in [0.1, 0.15) is 23.1 Å². The number of hydrogen-bond donors (Lipinski definition) is 1. The molecule has 0 saturated heterocycles. The van der Waals surface area contributed by atoms with Crippen LogP contribution in [0.5, 0.6) is 17.2 Å². The minimum Gasteiger partial charge on any atom is -0.493 e. The van der Waals surface area contributed by atoms with Gasteiger partial charge in [-0.1, -0.05) is 17.7 Å². The second-order valence-electron chi connectivity index (χ2n) is 6.03. The van der Waals surface area contributed by atoms with Crippen molar-refractivity contribution in [2.24, 2.45) is 0 Å². The van der Waals surface area contributed by atoms with Crippen LogP contribution in [0.4, 0.5) is 0 Å². The van der Waals surface area contributed by atoms with Crippen LogP contribution in [0.25, 0.3) is 10.6 Å². The smallest absolute Gasteiger partial charge is 0.270 e. The number of nitrogens with one attached hydrogen (secondary N) is 1. The average Bonchev–Trinajstić information content (AvgIpc) is 3.22. The fraction of sp³-hybridized carbons (Fsp3) is 0.238. The van der Waals surface area contributed by atoms with Gasteiger partial charge in [-0.25, -0.2) is 4.98 Å². The van der Waals surface area contributed by atoms with Gasteiger partial charge in [0, 0.05) is 10.9 Å². The quantitative estimate of drug-likeness (QED) is 0.582. The summed E-state index contributed by atoms with van der Waals surface area (Å²) in [7, 11) is 3.17. The number of hydrogen-bond acceptors (Lipinski definition) is 6. The molecule has 1 aromatic heterocycles. The summed E-state index contributed by atoms with van der Waals surface area (Å²) in [5.41, 5.74) is 2.42. The minimum absolute atomic E-state index is 0.226. The Morgan fingerprint density at radius 1 is 1.07 bits per heavy atom. The summed E-state index contributed by atoms with van der Waals surface area (Å²) in [6.45, 7) is 2.81. The van der Waals surface area contributed by atoms with Crippen molar-refractivity contribution in [3.05, 3.63) is 59.1 Å². The van der Waals surface area contributed by atoms with Gasteiger partial charge in [-0.2, -0.15) is 0 Å². The van der Waals surface area contributed by atoms with Crippen LogP contribution in [0.1, 0.15) is 16.1 Å². The summed E-state index contributed by atoms with van der Waals surface area (Å²) >= 11 is 1.40. The van der Waals surface area contributed by atoms with E-state index in [-0.39, 0.29) is 5.91 Å². The molecule has 1 N–H and O–H groups in total. The highest BCUT2D eigenvalue weighted by Crippen LogP contribution is 2.33. The zero-order valence-electron chi connectivity index (χ0n) is 16.0. The van der Waals surface area contributed by atoms with Crippen LogP contribution < -0.4 is 19.5 Å². The van der Waals surface area contributed by atoms with Crippen LogP contribution in [-0.4, -0.2) is 38.3 Å². The van der Waals surface area contributed by atoms with E-state index in [1.165, 1.54) is 16.9 Å². The van der Waals surface area contributed by atoms with Gasteiger partial charge in [-0.15, -0.1) is 11.3 Å². The molecule has 0 fully saturated rings. The zero-order chi connectivity index (χ0) is 19.9. The monoisotopic (exact) mass is 398 g/mol. The highest BCUT2D eigenvalue weighted by Gasteiger charge is 2.13. The topological polar surface area (TPSA) is 69.7 Å². The van der Waals surface area contributed by atoms with E-state index in [0.29, 0.717) is 30.3 Å².